The Kier molecular flexibility index (Phi) is 3.58. The Labute approximate surface area is 127 Å². The zero-order chi connectivity index (χ0) is 15.7. The molecule has 0 fully saturated rings. The number of aromatic nitrogens is 5. The van der Waals surface area contributed by atoms with E-state index in [1.54, 1.807) is 17.1 Å². The number of nitrogens with zero attached hydrogens (tertiary/aromatic N) is 5. The Morgan fingerprint density at radius 3 is 2.77 bits per heavy atom. The first-order valence-corrected chi connectivity index (χ1v) is 6.94. The summed E-state index contributed by atoms with van der Waals surface area (Å²) in [5, 5.41) is 14.6. The molecule has 0 saturated heterocycles. The third-order valence-corrected chi connectivity index (χ3v) is 3.30. The number of tetrazole rings is 1. The van der Waals surface area contributed by atoms with E-state index >= 15 is 0 Å². The van der Waals surface area contributed by atoms with Gasteiger partial charge in [-0.3, -0.25) is 4.98 Å². The van der Waals surface area contributed by atoms with Crippen molar-refractivity contribution in [3.63, 3.8) is 0 Å². The summed E-state index contributed by atoms with van der Waals surface area (Å²) >= 11 is 0. The molecule has 1 aliphatic heterocycles. The highest BCUT2D eigenvalue weighted by Gasteiger charge is 2.35. The van der Waals surface area contributed by atoms with Crippen LogP contribution in [0.5, 0.6) is 0 Å². The number of carbonyl (C=O) groups excluding carboxylic acids is 1. The van der Waals surface area contributed by atoms with Crippen molar-refractivity contribution in [1.82, 2.24) is 25.2 Å². The smallest absolute Gasteiger partial charge is 0.338 e. The molecule has 2 aromatic heterocycles. The molecular weight excluding hydrogens is 284 g/mol. The van der Waals surface area contributed by atoms with Crippen molar-refractivity contribution in [2.24, 2.45) is 0 Å². The molecule has 1 aliphatic rings. The van der Waals surface area contributed by atoms with Crippen molar-refractivity contribution in [3.05, 3.63) is 41.4 Å². The molecule has 0 saturated carbocycles. The zero-order valence-corrected chi connectivity index (χ0v) is 12.5. The summed E-state index contributed by atoms with van der Waals surface area (Å²) in [4.78, 5) is 16.5. The topological polar surface area (TPSA) is 94.8 Å². The summed E-state index contributed by atoms with van der Waals surface area (Å²) < 4.78 is 6.94. The first-order valence-electron chi connectivity index (χ1n) is 6.94. The number of carbonyl (C=O) groups is 1. The van der Waals surface area contributed by atoms with Crippen LogP contribution in [0.2, 0.25) is 0 Å². The summed E-state index contributed by atoms with van der Waals surface area (Å²) in [5.41, 5.74) is 2.02. The van der Waals surface area contributed by atoms with Crippen molar-refractivity contribution in [2.75, 3.05) is 5.32 Å². The van der Waals surface area contributed by atoms with Crippen LogP contribution < -0.4 is 5.32 Å². The highest BCUT2D eigenvalue weighted by atomic mass is 16.5. The Morgan fingerprint density at radius 1 is 1.36 bits per heavy atom. The average molecular weight is 300 g/mol. The largest absolute Gasteiger partial charge is 0.459 e. The number of anilines is 1. The van der Waals surface area contributed by atoms with E-state index in [4.69, 9.17) is 4.74 Å². The van der Waals surface area contributed by atoms with Gasteiger partial charge in [0.25, 0.3) is 0 Å². The van der Waals surface area contributed by atoms with Crippen LogP contribution in [-0.2, 0) is 9.53 Å². The summed E-state index contributed by atoms with van der Waals surface area (Å²) in [7, 11) is 0. The minimum atomic E-state index is -0.444. The predicted molar refractivity (Wildman–Crippen MR) is 77.7 cm³/mol. The lowest BCUT2D eigenvalue weighted by molar-refractivity contribution is -0.143. The SMILES string of the molecule is CC1=C(C(=O)OC(C)C)C(c2ccncc2)n2nnnc2N1. The van der Waals surface area contributed by atoms with E-state index in [-0.39, 0.29) is 12.1 Å². The molecule has 8 heteroatoms. The quantitative estimate of drug-likeness (QED) is 0.854. The molecule has 114 valence electrons. The van der Waals surface area contributed by atoms with Crippen LogP contribution in [0.1, 0.15) is 32.4 Å². The van der Waals surface area contributed by atoms with Crippen LogP contribution in [0.4, 0.5) is 5.95 Å². The zero-order valence-electron chi connectivity index (χ0n) is 12.5. The van der Waals surface area contributed by atoms with E-state index in [1.165, 1.54) is 0 Å². The van der Waals surface area contributed by atoms with Crippen molar-refractivity contribution >= 4 is 11.9 Å². The van der Waals surface area contributed by atoms with Crippen molar-refractivity contribution in [3.8, 4) is 0 Å². The number of nitrogens with one attached hydrogen (secondary N) is 1. The average Bonchev–Trinajstić information content (AvgIpc) is 2.93. The molecule has 1 atom stereocenters. The van der Waals surface area contributed by atoms with Crippen LogP contribution >= 0.6 is 0 Å². The van der Waals surface area contributed by atoms with E-state index < -0.39 is 6.04 Å². The van der Waals surface area contributed by atoms with Crippen LogP contribution in [0.15, 0.2) is 35.8 Å². The molecule has 3 heterocycles. The highest BCUT2D eigenvalue weighted by Crippen LogP contribution is 2.34. The lowest BCUT2D eigenvalue weighted by Gasteiger charge is -2.27. The second-order valence-electron chi connectivity index (χ2n) is 5.25. The predicted octanol–water partition coefficient (Wildman–Crippen LogP) is 1.31. The molecule has 0 spiro atoms. The fourth-order valence-electron chi connectivity index (χ4n) is 2.41. The molecule has 3 rings (SSSR count). The minimum absolute atomic E-state index is 0.207. The van der Waals surface area contributed by atoms with Gasteiger partial charge in [0, 0.05) is 18.1 Å². The van der Waals surface area contributed by atoms with Crippen LogP contribution in [0.25, 0.3) is 0 Å². The third-order valence-electron chi connectivity index (χ3n) is 3.30. The maximum Gasteiger partial charge on any atom is 0.338 e. The Balaban J connectivity index is 2.10. The van der Waals surface area contributed by atoms with Gasteiger partial charge in [-0.15, -0.1) is 0 Å². The van der Waals surface area contributed by atoms with Crippen LogP contribution in [0.3, 0.4) is 0 Å². The van der Waals surface area contributed by atoms with E-state index in [0.29, 0.717) is 17.2 Å². The van der Waals surface area contributed by atoms with Gasteiger partial charge in [-0.05, 0) is 48.9 Å². The monoisotopic (exact) mass is 300 g/mol. The third kappa shape index (κ3) is 2.43. The van der Waals surface area contributed by atoms with Gasteiger partial charge in [-0.2, -0.15) is 4.68 Å². The number of hydrogen-bond donors (Lipinski definition) is 1. The van der Waals surface area contributed by atoms with Gasteiger partial charge in [0.05, 0.1) is 11.7 Å². The molecule has 0 aromatic carbocycles. The Hall–Kier alpha value is -2.77. The maximum atomic E-state index is 12.5. The molecular formula is C14H16N6O2. The van der Waals surface area contributed by atoms with Gasteiger partial charge in [-0.1, -0.05) is 5.10 Å². The van der Waals surface area contributed by atoms with E-state index in [0.717, 1.165) is 5.56 Å². The Bertz CT molecular complexity index is 722. The fraction of sp³-hybridized carbons (Fsp3) is 0.357. The van der Waals surface area contributed by atoms with Gasteiger partial charge in [0.1, 0.15) is 6.04 Å². The number of esters is 1. The molecule has 8 nitrogen and oxygen atoms in total. The second kappa shape index (κ2) is 5.55. The second-order valence-corrected chi connectivity index (χ2v) is 5.25. The van der Waals surface area contributed by atoms with Gasteiger partial charge in [0.2, 0.25) is 5.95 Å². The molecule has 0 radical (unpaired) electrons. The van der Waals surface area contributed by atoms with Gasteiger partial charge >= 0.3 is 5.97 Å². The Morgan fingerprint density at radius 2 is 2.09 bits per heavy atom. The van der Waals surface area contributed by atoms with Gasteiger partial charge in [-0.25, -0.2) is 4.79 Å². The lowest BCUT2D eigenvalue weighted by Crippen LogP contribution is -2.30. The first kappa shape index (κ1) is 14.2. The maximum absolute atomic E-state index is 12.5. The fourth-order valence-corrected chi connectivity index (χ4v) is 2.41. The van der Waals surface area contributed by atoms with E-state index in [1.807, 2.05) is 32.9 Å². The van der Waals surface area contributed by atoms with Gasteiger partial charge < -0.3 is 10.1 Å². The molecule has 2 aromatic rings. The molecule has 1 N–H and O–H groups in total. The molecule has 0 bridgehead atoms. The van der Waals surface area contributed by atoms with Crippen LogP contribution in [-0.4, -0.2) is 37.3 Å². The summed E-state index contributed by atoms with van der Waals surface area (Å²) in [6, 6.07) is 3.22. The van der Waals surface area contributed by atoms with Crippen molar-refractivity contribution in [2.45, 2.75) is 32.9 Å². The molecule has 0 amide bonds. The number of rotatable bonds is 3. The van der Waals surface area contributed by atoms with E-state index in [9.17, 15) is 4.79 Å². The number of fused-ring (bicyclic) bond motifs is 1. The van der Waals surface area contributed by atoms with Gasteiger partial charge in [0.15, 0.2) is 0 Å². The lowest BCUT2D eigenvalue weighted by atomic mass is 9.96. The normalized spacial score (nSPS) is 17.2. The number of pyridine rings is 1. The summed E-state index contributed by atoms with van der Waals surface area (Å²) in [6.07, 6.45) is 3.13. The molecule has 0 aliphatic carbocycles. The number of ether oxygens (including phenoxy) is 1. The molecule has 22 heavy (non-hydrogen) atoms. The number of hydrogen-bond acceptors (Lipinski definition) is 7. The minimum Gasteiger partial charge on any atom is -0.459 e. The van der Waals surface area contributed by atoms with Crippen molar-refractivity contribution in [1.29, 1.82) is 0 Å². The summed E-state index contributed by atoms with van der Waals surface area (Å²) in [6.45, 7) is 5.44. The first-order chi connectivity index (χ1) is 10.6. The number of allylic oxidation sites excluding steroid dienone is 1. The molecule has 1 unspecified atom stereocenters. The summed E-state index contributed by atoms with van der Waals surface area (Å²) in [5.74, 6) is 0.100. The standard InChI is InChI=1S/C14H16N6O2/c1-8(2)22-13(21)11-9(3)16-14-17-18-19-20(14)12(11)10-4-6-15-7-5-10/h4-8,12H,1-3H3,(H,16,17,19). The van der Waals surface area contributed by atoms with E-state index in [2.05, 4.69) is 25.8 Å². The van der Waals surface area contributed by atoms with Crippen molar-refractivity contribution < 1.29 is 9.53 Å². The highest BCUT2D eigenvalue weighted by molar-refractivity contribution is 5.92. The van der Waals surface area contributed by atoms with Crippen LogP contribution in [0, 0.1) is 0 Å².